The second kappa shape index (κ2) is 17.2. The minimum Gasteiger partial charge on any atom is -0.483 e. The highest BCUT2D eigenvalue weighted by Crippen LogP contribution is 2.66. The molecule has 2 aliphatic carbocycles. The quantitative estimate of drug-likeness (QED) is 0.0788. The number of anilines is 2. The second-order valence-corrected chi connectivity index (χ2v) is 18.7. The van der Waals surface area contributed by atoms with Crippen molar-refractivity contribution in [1.82, 2.24) is 26.2 Å². The minimum atomic E-state index is -1.13. The van der Waals surface area contributed by atoms with Gasteiger partial charge in [-0.15, -0.1) is 0 Å². The Hall–Kier alpha value is -6.62. The molecule has 2 spiro atoms. The number of carbonyl (C=O) groups excluding carboxylic acids is 8. The Morgan fingerprint density at radius 3 is 2.30 bits per heavy atom. The molecule has 6 N–H and O–H groups in total. The van der Waals surface area contributed by atoms with E-state index in [0.717, 1.165) is 46.4 Å². The van der Waals surface area contributed by atoms with Gasteiger partial charge in [0.05, 0.1) is 22.2 Å². The van der Waals surface area contributed by atoms with Gasteiger partial charge in [-0.05, 0) is 97.8 Å². The van der Waals surface area contributed by atoms with Crippen LogP contribution in [0, 0.1) is 0 Å². The van der Waals surface area contributed by atoms with E-state index in [1.54, 1.807) is 36.4 Å². The third-order valence-corrected chi connectivity index (χ3v) is 14.8. The number of nitrogens with one attached hydrogen (secondary N) is 6. The van der Waals surface area contributed by atoms with Crippen molar-refractivity contribution < 1.29 is 43.1 Å². The van der Waals surface area contributed by atoms with Crippen LogP contribution in [0.15, 0.2) is 72.8 Å². The molecule has 10 rings (SSSR count). The molecule has 4 aromatic rings. The molecule has 4 atom stereocenters. The van der Waals surface area contributed by atoms with Crippen molar-refractivity contribution in [3.8, 4) is 16.9 Å². The van der Waals surface area contributed by atoms with Crippen LogP contribution in [-0.2, 0) is 29.4 Å². The lowest BCUT2D eigenvalue weighted by atomic mass is 9.56. The van der Waals surface area contributed by atoms with Crippen LogP contribution < -0.4 is 36.6 Å². The predicted molar refractivity (Wildman–Crippen MR) is 246 cm³/mol. The van der Waals surface area contributed by atoms with E-state index >= 15 is 0 Å². The Bertz CT molecular complexity index is 2830. The number of hydrogen-bond donors (Lipinski definition) is 6. The molecule has 2 bridgehead atoms. The lowest BCUT2D eigenvalue weighted by molar-refractivity contribution is -0.136. The van der Waals surface area contributed by atoms with Crippen LogP contribution in [0.25, 0.3) is 11.1 Å². The van der Waals surface area contributed by atoms with Gasteiger partial charge in [-0.2, -0.15) is 0 Å². The highest BCUT2D eigenvalue weighted by molar-refractivity contribution is 6.37. The second-order valence-electron chi connectivity index (χ2n) is 17.9. The maximum absolute atomic E-state index is 14.6. The van der Waals surface area contributed by atoms with E-state index in [9.17, 15) is 38.4 Å². The number of imide groups is 2. The van der Waals surface area contributed by atoms with Crippen LogP contribution in [-0.4, -0.2) is 89.5 Å². The zero-order valence-electron chi connectivity index (χ0n) is 36.0. The summed E-state index contributed by atoms with van der Waals surface area (Å²) in [4.78, 5) is 106. The van der Waals surface area contributed by atoms with Crippen molar-refractivity contribution in [1.29, 1.82) is 0 Å². The molecule has 6 aliphatic rings. The first-order valence-corrected chi connectivity index (χ1v) is 23.2. The highest BCUT2D eigenvalue weighted by atomic mass is 35.5. The third kappa shape index (κ3) is 7.24. The Morgan fingerprint density at radius 2 is 1.54 bits per heavy atom. The third-order valence-electron chi connectivity index (χ3n) is 14.2. The highest BCUT2D eigenvalue weighted by Gasteiger charge is 2.73. The van der Waals surface area contributed by atoms with E-state index in [4.69, 9.17) is 27.9 Å². The van der Waals surface area contributed by atoms with Gasteiger partial charge < -0.3 is 26.0 Å². The van der Waals surface area contributed by atoms with Crippen LogP contribution in [0.2, 0.25) is 10.0 Å². The fourth-order valence-electron chi connectivity index (χ4n) is 11.3. The lowest BCUT2D eigenvalue weighted by Crippen LogP contribution is -2.60. The van der Waals surface area contributed by atoms with Gasteiger partial charge in [0.15, 0.2) is 6.61 Å². The number of hydrogen-bond acceptors (Lipinski definition) is 10. The Labute approximate surface area is 394 Å². The molecular weight excluding hydrogens is 901 g/mol. The average Bonchev–Trinajstić information content (AvgIpc) is 3.83. The molecule has 2 saturated heterocycles. The number of carbonyl (C=O) groups is 8. The lowest BCUT2D eigenvalue weighted by Gasteiger charge is -2.46. The molecule has 8 amide bonds. The average molecular weight is 947 g/mol. The van der Waals surface area contributed by atoms with Gasteiger partial charge in [0.2, 0.25) is 23.6 Å². The van der Waals surface area contributed by atoms with Gasteiger partial charge >= 0.3 is 0 Å². The standard InChI is InChI=1S/C49H45Cl2N7O9/c50-31-10-6-8-27-38(31)29-22-30-33(23-32(29)51)55-47(66)49(30)40(27)41(57-48(49)18-2-1-3-19-48)44(63)54-26-14-12-25(13-15-26)42(61)53-21-5-4-20-52-37(60)24-67-35-11-7-9-28-39(35)46(65)58(45(28)64)34-16-17-36(59)56-43(34)62/h6-15,22-23,34,40-41,57H,1-5,16-21,24H2,(H,52,60)(H,53,61)(H,54,63)(H,55,66)(H,56,59,62)/t34?,40-,41+,49+/m0/s1. The molecule has 0 radical (unpaired) electrons. The molecule has 0 aromatic heterocycles. The van der Waals surface area contributed by atoms with Crippen molar-refractivity contribution in [2.75, 3.05) is 30.3 Å². The van der Waals surface area contributed by atoms with E-state index in [1.165, 1.54) is 18.2 Å². The Kier molecular flexibility index (Phi) is 11.4. The van der Waals surface area contributed by atoms with Crippen molar-refractivity contribution in [3.63, 3.8) is 0 Å². The molecule has 16 nitrogen and oxygen atoms in total. The summed E-state index contributed by atoms with van der Waals surface area (Å²) in [7, 11) is 0. The van der Waals surface area contributed by atoms with Gasteiger partial charge in [-0.1, -0.05) is 60.7 Å². The summed E-state index contributed by atoms with van der Waals surface area (Å²) >= 11 is 13.8. The van der Waals surface area contributed by atoms with Crippen LogP contribution in [0.4, 0.5) is 11.4 Å². The van der Waals surface area contributed by atoms with E-state index in [-0.39, 0.29) is 54.0 Å². The molecule has 4 heterocycles. The summed E-state index contributed by atoms with van der Waals surface area (Å²) in [6, 6.07) is 18.4. The zero-order chi connectivity index (χ0) is 46.8. The molecule has 67 heavy (non-hydrogen) atoms. The van der Waals surface area contributed by atoms with E-state index in [1.807, 2.05) is 18.2 Å². The van der Waals surface area contributed by atoms with Crippen LogP contribution >= 0.6 is 23.2 Å². The number of amides is 8. The Balaban J connectivity index is 0.727. The number of benzene rings is 4. The summed E-state index contributed by atoms with van der Waals surface area (Å²) in [5, 5.41) is 18.7. The molecule has 1 unspecified atom stereocenters. The molecule has 18 heteroatoms. The van der Waals surface area contributed by atoms with Crippen LogP contribution in [0.1, 0.15) is 106 Å². The number of ether oxygens (including phenoxy) is 1. The predicted octanol–water partition coefficient (Wildman–Crippen LogP) is 5.37. The number of rotatable bonds is 12. The topological polar surface area (TPSA) is 221 Å². The van der Waals surface area contributed by atoms with Crippen LogP contribution in [0.5, 0.6) is 5.75 Å². The van der Waals surface area contributed by atoms with Gasteiger partial charge in [-0.3, -0.25) is 53.9 Å². The first-order chi connectivity index (χ1) is 32.3. The largest absolute Gasteiger partial charge is 0.483 e. The number of fused-ring (bicyclic) bond motifs is 5. The first kappa shape index (κ1) is 44.2. The molecular formula is C49H45Cl2N7O9. The summed E-state index contributed by atoms with van der Waals surface area (Å²) in [5.41, 5.74) is 2.77. The molecule has 3 fully saturated rings. The molecule has 4 aromatic carbocycles. The monoisotopic (exact) mass is 945 g/mol. The molecule has 344 valence electrons. The normalized spacial score (nSPS) is 22.9. The van der Waals surface area contributed by atoms with E-state index in [0.29, 0.717) is 59.2 Å². The van der Waals surface area contributed by atoms with Crippen LogP contribution in [0.3, 0.4) is 0 Å². The van der Waals surface area contributed by atoms with E-state index in [2.05, 4.69) is 31.9 Å². The minimum absolute atomic E-state index is 0.0101. The van der Waals surface area contributed by atoms with Gasteiger partial charge in [-0.25, -0.2) is 0 Å². The molecule has 1 saturated carbocycles. The maximum Gasteiger partial charge on any atom is 0.266 e. The number of piperidine rings is 1. The van der Waals surface area contributed by atoms with Gasteiger partial charge in [0.25, 0.3) is 23.6 Å². The SMILES string of the molecule is O=C(COc1cccc2c1C(=O)N(C1CCC(=O)NC1=O)C2=O)NCCCCNC(=O)c1ccc(NC(=O)[C@@H]2NC3(CCCCC3)[C@]34C(=O)Nc5cc(Cl)c(cc53)-c3c(Cl)cccc3[C@@H]24)cc1. The molecule has 4 aliphatic heterocycles. The fourth-order valence-corrected chi connectivity index (χ4v) is 11.8. The summed E-state index contributed by atoms with van der Waals surface area (Å²) in [5.74, 6) is -4.46. The fraction of sp³-hybridized carbons (Fsp3) is 0.347. The van der Waals surface area contributed by atoms with Gasteiger partial charge in [0.1, 0.15) is 17.2 Å². The first-order valence-electron chi connectivity index (χ1n) is 22.5. The van der Waals surface area contributed by atoms with Crippen molar-refractivity contribution in [3.05, 3.63) is 111 Å². The zero-order valence-corrected chi connectivity index (χ0v) is 37.5. The van der Waals surface area contributed by atoms with E-state index < -0.39 is 65.1 Å². The summed E-state index contributed by atoms with van der Waals surface area (Å²) in [6.07, 6.45) is 5.34. The van der Waals surface area contributed by atoms with Gasteiger partial charge in [0, 0.05) is 64.1 Å². The van der Waals surface area contributed by atoms with Crippen molar-refractivity contribution >= 4 is 81.8 Å². The maximum atomic E-state index is 14.6. The van der Waals surface area contributed by atoms with Crippen molar-refractivity contribution in [2.45, 2.75) is 86.7 Å². The Morgan fingerprint density at radius 1 is 0.791 bits per heavy atom. The number of unbranched alkanes of at least 4 members (excludes halogenated alkanes) is 1. The summed E-state index contributed by atoms with van der Waals surface area (Å²) < 4.78 is 5.64. The van der Waals surface area contributed by atoms with Crippen molar-refractivity contribution in [2.24, 2.45) is 0 Å². The smallest absolute Gasteiger partial charge is 0.266 e. The number of nitrogens with zero attached hydrogens (tertiary/aromatic N) is 1. The summed E-state index contributed by atoms with van der Waals surface area (Å²) in [6.45, 7) is 0.170. The number of halogens is 2.